The highest BCUT2D eigenvalue weighted by Gasteiger charge is 2.36. The number of allylic oxidation sites excluding steroid dienone is 1. The van der Waals surface area contributed by atoms with Gasteiger partial charge < -0.3 is 5.73 Å². The predicted octanol–water partition coefficient (Wildman–Crippen LogP) is 13.8. The lowest BCUT2D eigenvalue weighted by Gasteiger charge is -2.24. The minimum absolute atomic E-state index is 0.101. The summed E-state index contributed by atoms with van der Waals surface area (Å²) in [6, 6.07) is 67.6. The topological polar surface area (TPSA) is 38.4 Å². The average Bonchev–Trinajstić information content (AvgIpc) is 3.51. The van der Waals surface area contributed by atoms with E-state index in [0.29, 0.717) is 5.84 Å². The Hall–Kier alpha value is -7.03. The van der Waals surface area contributed by atoms with Crippen LogP contribution in [0.4, 0.5) is 0 Å². The number of nitrogens with zero attached hydrogens (tertiary/aromatic N) is 1. The number of benzene rings is 9. The highest BCUT2D eigenvalue weighted by atomic mass is 14.9. The first kappa shape index (κ1) is 34.5. The Morgan fingerprint density at radius 1 is 0.509 bits per heavy atom. The highest BCUT2D eigenvalue weighted by molar-refractivity contribution is 6.27. The van der Waals surface area contributed by atoms with E-state index in [4.69, 9.17) is 10.7 Å². The van der Waals surface area contributed by atoms with Crippen LogP contribution in [0.3, 0.4) is 0 Å². The van der Waals surface area contributed by atoms with Crippen LogP contribution in [0.5, 0.6) is 0 Å². The van der Waals surface area contributed by atoms with Gasteiger partial charge in [0.15, 0.2) is 0 Å². The monoisotopic (exact) mass is 730 g/mol. The molecule has 0 atom stereocenters. The molecule has 0 radical (unpaired) electrons. The fourth-order valence-corrected chi connectivity index (χ4v) is 9.34. The second-order valence-electron chi connectivity index (χ2n) is 15.6. The van der Waals surface area contributed by atoms with Crippen LogP contribution in [0.2, 0.25) is 0 Å². The minimum Gasteiger partial charge on any atom is -0.383 e. The lowest BCUT2D eigenvalue weighted by Crippen LogP contribution is -2.17. The van der Waals surface area contributed by atoms with Gasteiger partial charge in [0.1, 0.15) is 5.84 Å². The third-order valence-electron chi connectivity index (χ3n) is 11.9. The molecule has 9 aromatic carbocycles. The molecule has 0 aliphatic heterocycles. The van der Waals surface area contributed by atoms with E-state index in [1.807, 2.05) is 30.3 Å². The van der Waals surface area contributed by atoms with Crippen molar-refractivity contribution < 1.29 is 0 Å². The summed E-state index contributed by atoms with van der Waals surface area (Å²) < 4.78 is 0. The predicted molar refractivity (Wildman–Crippen MR) is 243 cm³/mol. The quantitative estimate of drug-likeness (QED) is 0.0754. The van der Waals surface area contributed by atoms with E-state index in [1.54, 1.807) is 0 Å². The molecule has 2 heteroatoms. The van der Waals surface area contributed by atoms with Crippen molar-refractivity contribution in [2.24, 2.45) is 10.7 Å². The Labute approximate surface area is 334 Å². The van der Waals surface area contributed by atoms with Gasteiger partial charge in [-0.05, 0) is 94.4 Å². The first-order chi connectivity index (χ1) is 28.0. The van der Waals surface area contributed by atoms with Crippen molar-refractivity contribution in [3.63, 3.8) is 0 Å². The highest BCUT2D eigenvalue weighted by Crippen LogP contribution is 2.50. The number of hydrogen-bond donors (Lipinski definition) is 1. The van der Waals surface area contributed by atoms with E-state index >= 15 is 0 Å². The Morgan fingerprint density at radius 3 is 1.89 bits per heavy atom. The van der Waals surface area contributed by atoms with Gasteiger partial charge in [-0.3, -0.25) is 0 Å². The van der Waals surface area contributed by atoms with E-state index in [0.717, 1.165) is 28.8 Å². The molecule has 0 fully saturated rings. The number of fused-ring (bicyclic) bond motifs is 7. The smallest absolute Gasteiger partial charge is 0.131 e. The number of nitrogens with two attached hydrogens (primary N) is 1. The normalized spacial score (nSPS) is 13.6. The van der Waals surface area contributed by atoms with E-state index < -0.39 is 0 Å². The van der Waals surface area contributed by atoms with E-state index in [9.17, 15) is 0 Å². The molecule has 0 spiro atoms. The van der Waals surface area contributed by atoms with Crippen molar-refractivity contribution in [1.82, 2.24) is 0 Å². The molecule has 0 unspecified atom stereocenters. The molecule has 1 aliphatic rings. The Bertz CT molecular complexity index is 3040. The van der Waals surface area contributed by atoms with Crippen LogP contribution in [-0.4, -0.2) is 5.84 Å². The van der Waals surface area contributed by atoms with Gasteiger partial charge in [-0.25, -0.2) is 4.99 Å². The van der Waals surface area contributed by atoms with E-state index in [2.05, 4.69) is 178 Å². The second kappa shape index (κ2) is 13.9. The molecule has 9 aromatic rings. The summed E-state index contributed by atoms with van der Waals surface area (Å²) >= 11 is 0. The van der Waals surface area contributed by atoms with Gasteiger partial charge in [0.05, 0.1) is 5.70 Å². The zero-order valence-electron chi connectivity index (χ0n) is 32.2. The maximum absolute atomic E-state index is 6.76. The van der Waals surface area contributed by atoms with Gasteiger partial charge in [-0.15, -0.1) is 0 Å². The Balaban J connectivity index is 1.14. The summed E-state index contributed by atoms with van der Waals surface area (Å²) in [5, 5.41) is 7.47. The molecule has 0 amide bonds. The standard InChI is InChI=1S/C55H42N2/c1-55(2)48-27-14-13-23-43(48)46-26-15-21-40(53(46)55)33-35-49(57-54(56)41-19-7-4-8-20-41)37-28-30-39(31-29-37)51-45-25-12-11-24-44(45)50(38-17-5-3-6-18-38)47-34-32-36-16-9-10-22-42(36)52(47)51/h3-32,34-35H,33H2,1-2H3,(H2,56,57)/b49-35-. The van der Waals surface area contributed by atoms with Crippen LogP contribution in [0.1, 0.15) is 41.7 Å². The first-order valence-electron chi connectivity index (χ1n) is 19.8. The van der Waals surface area contributed by atoms with Crippen molar-refractivity contribution in [3.05, 3.63) is 222 Å². The van der Waals surface area contributed by atoms with Gasteiger partial charge in [-0.2, -0.15) is 0 Å². The molecule has 0 saturated heterocycles. The molecular weight excluding hydrogens is 689 g/mol. The van der Waals surface area contributed by atoms with Crippen LogP contribution in [0.25, 0.3) is 71.4 Å². The summed E-state index contributed by atoms with van der Waals surface area (Å²) in [6.45, 7) is 4.69. The third-order valence-corrected chi connectivity index (χ3v) is 11.9. The summed E-state index contributed by atoms with van der Waals surface area (Å²) in [6.07, 6.45) is 2.98. The van der Waals surface area contributed by atoms with Crippen molar-refractivity contribution in [2.75, 3.05) is 0 Å². The van der Waals surface area contributed by atoms with Crippen LogP contribution in [0.15, 0.2) is 199 Å². The molecule has 2 N–H and O–H groups in total. The number of aliphatic imine (C=N–C) groups is 1. The fourth-order valence-electron chi connectivity index (χ4n) is 9.34. The molecule has 0 saturated carbocycles. The minimum atomic E-state index is -0.101. The van der Waals surface area contributed by atoms with Crippen LogP contribution in [-0.2, 0) is 11.8 Å². The molecule has 0 bridgehead atoms. The van der Waals surface area contributed by atoms with Crippen molar-refractivity contribution in [2.45, 2.75) is 25.7 Å². The maximum atomic E-state index is 6.76. The van der Waals surface area contributed by atoms with Crippen LogP contribution < -0.4 is 5.73 Å². The van der Waals surface area contributed by atoms with Crippen LogP contribution >= 0.6 is 0 Å². The Morgan fingerprint density at radius 2 is 1.12 bits per heavy atom. The largest absolute Gasteiger partial charge is 0.383 e. The zero-order valence-corrected chi connectivity index (χ0v) is 32.2. The van der Waals surface area contributed by atoms with Crippen molar-refractivity contribution in [3.8, 4) is 33.4 Å². The first-order valence-corrected chi connectivity index (χ1v) is 19.8. The molecular formula is C55H42N2. The van der Waals surface area contributed by atoms with Gasteiger partial charge >= 0.3 is 0 Å². The molecule has 10 rings (SSSR count). The van der Waals surface area contributed by atoms with Gasteiger partial charge in [0.25, 0.3) is 0 Å². The third kappa shape index (κ3) is 5.84. The average molecular weight is 731 g/mol. The number of amidine groups is 1. The van der Waals surface area contributed by atoms with E-state index in [1.165, 1.54) is 76.8 Å². The Kier molecular flexibility index (Phi) is 8.42. The van der Waals surface area contributed by atoms with Crippen molar-refractivity contribution >= 4 is 43.9 Å². The van der Waals surface area contributed by atoms with Crippen molar-refractivity contribution in [1.29, 1.82) is 0 Å². The maximum Gasteiger partial charge on any atom is 0.131 e. The van der Waals surface area contributed by atoms with E-state index in [-0.39, 0.29) is 5.41 Å². The molecule has 2 nitrogen and oxygen atoms in total. The van der Waals surface area contributed by atoms with Crippen LogP contribution in [0, 0.1) is 0 Å². The molecule has 0 heterocycles. The molecule has 0 aromatic heterocycles. The zero-order chi connectivity index (χ0) is 38.5. The fraction of sp³-hybridized carbons (Fsp3) is 0.0727. The van der Waals surface area contributed by atoms with Gasteiger partial charge in [0, 0.05) is 11.0 Å². The molecule has 1 aliphatic carbocycles. The summed E-state index contributed by atoms with van der Waals surface area (Å²) in [5.74, 6) is 0.497. The molecule has 57 heavy (non-hydrogen) atoms. The summed E-state index contributed by atoms with van der Waals surface area (Å²) in [4.78, 5) is 5.15. The summed E-state index contributed by atoms with van der Waals surface area (Å²) in [7, 11) is 0. The number of rotatable bonds is 7. The second-order valence-corrected chi connectivity index (χ2v) is 15.6. The molecule has 272 valence electrons. The lowest BCUT2D eigenvalue weighted by atomic mass is 9.79. The van der Waals surface area contributed by atoms with Gasteiger partial charge in [0.2, 0.25) is 0 Å². The number of hydrogen-bond acceptors (Lipinski definition) is 1. The lowest BCUT2D eigenvalue weighted by molar-refractivity contribution is 0.653. The van der Waals surface area contributed by atoms with Gasteiger partial charge in [-0.1, -0.05) is 208 Å². The summed E-state index contributed by atoms with van der Waals surface area (Å²) in [5.41, 5.74) is 21.1. The SMILES string of the molecule is CC1(C)c2ccccc2-c2cccc(C/C=C(\N=C(N)c3ccccc3)c3ccc(-c4c5ccccc5c(-c5ccccc5)c5ccc6ccccc6c45)cc3)c21.